The molecule has 0 radical (unpaired) electrons. The molecule has 0 spiro atoms. The maximum absolute atomic E-state index is 11.1. The topological polar surface area (TPSA) is 49.3 Å². The molecule has 0 fully saturated rings. The van der Waals surface area contributed by atoms with Crippen LogP contribution in [0.5, 0.6) is 0 Å². The molecule has 0 saturated heterocycles. The molecule has 0 bridgehead atoms. The van der Waals surface area contributed by atoms with E-state index in [1.54, 1.807) is 17.6 Å². The van der Waals surface area contributed by atoms with E-state index in [4.69, 9.17) is 5.21 Å². The van der Waals surface area contributed by atoms with E-state index in [9.17, 15) is 4.79 Å². The van der Waals surface area contributed by atoms with E-state index >= 15 is 0 Å². The second-order valence-corrected chi connectivity index (χ2v) is 5.20. The SMILES string of the molecule is CC.CC(C)(C)CCc1ccc(C(=O)NO)cc1. The van der Waals surface area contributed by atoms with Crippen molar-refractivity contribution in [2.45, 2.75) is 47.5 Å². The van der Waals surface area contributed by atoms with Gasteiger partial charge in [-0.25, -0.2) is 5.48 Å². The van der Waals surface area contributed by atoms with E-state index in [2.05, 4.69) is 20.8 Å². The van der Waals surface area contributed by atoms with Gasteiger partial charge in [0.1, 0.15) is 0 Å². The first-order valence-corrected chi connectivity index (χ1v) is 6.46. The van der Waals surface area contributed by atoms with E-state index in [1.807, 2.05) is 26.0 Å². The summed E-state index contributed by atoms with van der Waals surface area (Å²) in [4.78, 5) is 11.1. The van der Waals surface area contributed by atoms with Crippen molar-refractivity contribution in [1.82, 2.24) is 5.48 Å². The van der Waals surface area contributed by atoms with Crippen LogP contribution in [0.25, 0.3) is 0 Å². The Labute approximate surface area is 110 Å². The van der Waals surface area contributed by atoms with Crippen molar-refractivity contribution >= 4 is 5.91 Å². The number of hydrogen-bond acceptors (Lipinski definition) is 2. The van der Waals surface area contributed by atoms with Gasteiger partial charge in [-0.3, -0.25) is 10.0 Å². The molecule has 18 heavy (non-hydrogen) atoms. The fourth-order valence-corrected chi connectivity index (χ4v) is 1.41. The first-order chi connectivity index (χ1) is 8.42. The molecule has 3 heteroatoms. The minimum absolute atomic E-state index is 0.321. The van der Waals surface area contributed by atoms with Gasteiger partial charge < -0.3 is 0 Å². The van der Waals surface area contributed by atoms with Crippen molar-refractivity contribution in [2.24, 2.45) is 5.41 Å². The minimum Gasteiger partial charge on any atom is -0.288 e. The number of amides is 1. The lowest BCUT2D eigenvalue weighted by atomic mass is 9.88. The molecule has 1 aromatic carbocycles. The van der Waals surface area contributed by atoms with Crippen LogP contribution in [0.15, 0.2) is 24.3 Å². The number of hydroxylamine groups is 1. The molecule has 0 aliphatic rings. The molecule has 0 unspecified atom stereocenters. The third-order valence-electron chi connectivity index (χ3n) is 2.48. The molecule has 3 nitrogen and oxygen atoms in total. The number of aryl methyl sites for hydroxylation is 1. The van der Waals surface area contributed by atoms with Crippen molar-refractivity contribution in [3.63, 3.8) is 0 Å². The highest BCUT2D eigenvalue weighted by Gasteiger charge is 2.10. The lowest BCUT2D eigenvalue weighted by molar-refractivity contribution is 0.0706. The Morgan fingerprint density at radius 2 is 1.67 bits per heavy atom. The zero-order chi connectivity index (χ0) is 14.2. The molecule has 0 aromatic heterocycles. The van der Waals surface area contributed by atoms with Gasteiger partial charge in [-0.2, -0.15) is 0 Å². The number of carbonyl (C=O) groups excluding carboxylic acids is 1. The molecule has 1 rings (SSSR count). The van der Waals surface area contributed by atoms with E-state index in [-0.39, 0.29) is 0 Å². The summed E-state index contributed by atoms with van der Waals surface area (Å²) in [5.74, 6) is -0.470. The Kier molecular flexibility index (Phi) is 7.29. The summed E-state index contributed by atoms with van der Waals surface area (Å²) < 4.78 is 0. The fourth-order valence-electron chi connectivity index (χ4n) is 1.41. The van der Waals surface area contributed by atoms with E-state index in [0.717, 1.165) is 12.8 Å². The third kappa shape index (κ3) is 6.40. The van der Waals surface area contributed by atoms with Crippen molar-refractivity contribution in [3.05, 3.63) is 35.4 Å². The Hall–Kier alpha value is -1.35. The quantitative estimate of drug-likeness (QED) is 0.634. The number of hydrogen-bond donors (Lipinski definition) is 2. The number of nitrogens with one attached hydrogen (secondary N) is 1. The highest BCUT2D eigenvalue weighted by molar-refractivity contribution is 5.93. The van der Waals surface area contributed by atoms with Gasteiger partial charge >= 0.3 is 0 Å². The minimum atomic E-state index is -0.470. The zero-order valence-electron chi connectivity index (χ0n) is 12.1. The Morgan fingerprint density at radius 3 is 2.06 bits per heavy atom. The molecule has 0 saturated carbocycles. The van der Waals surface area contributed by atoms with Gasteiger partial charge in [0.2, 0.25) is 0 Å². The van der Waals surface area contributed by atoms with Gasteiger partial charge in [0, 0.05) is 5.56 Å². The van der Waals surface area contributed by atoms with Crippen molar-refractivity contribution < 1.29 is 10.0 Å². The standard InChI is InChI=1S/C13H19NO2.C2H6/c1-13(2,3)9-8-10-4-6-11(7-5-10)12(15)14-16;1-2/h4-7,16H,8-9H2,1-3H3,(H,14,15);1-2H3. The number of carbonyl (C=O) groups is 1. The molecular formula is C15H25NO2. The second kappa shape index (κ2) is 7.88. The molecule has 1 aromatic rings. The lowest BCUT2D eigenvalue weighted by Crippen LogP contribution is -2.18. The van der Waals surface area contributed by atoms with Crippen LogP contribution >= 0.6 is 0 Å². The molecule has 0 atom stereocenters. The number of rotatable bonds is 3. The van der Waals surface area contributed by atoms with Crippen LogP contribution in [0.4, 0.5) is 0 Å². The van der Waals surface area contributed by atoms with Crippen LogP contribution in [-0.2, 0) is 6.42 Å². The van der Waals surface area contributed by atoms with Crippen molar-refractivity contribution in [3.8, 4) is 0 Å². The normalized spacial score (nSPS) is 10.3. The zero-order valence-corrected chi connectivity index (χ0v) is 12.1. The Morgan fingerprint density at radius 1 is 1.17 bits per heavy atom. The lowest BCUT2D eigenvalue weighted by Gasteiger charge is -2.17. The average Bonchev–Trinajstić information content (AvgIpc) is 2.37. The Balaban J connectivity index is 0.00000137. The van der Waals surface area contributed by atoms with Gasteiger partial charge in [-0.15, -0.1) is 0 Å². The fraction of sp³-hybridized carbons (Fsp3) is 0.533. The first kappa shape index (κ1) is 16.6. The van der Waals surface area contributed by atoms with Crippen molar-refractivity contribution in [1.29, 1.82) is 0 Å². The molecule has 0 aliphatic carbocycles. The Bertz CT molecular complexity index is 350. The largest absolute Gasteiger partial charge is 0.288 e. The highest BCUT2D eigenvalue weighted by atomic mass is 16.5. The molecule has 0 aliphatic heterocycles. The molecule has 102 valence electrons. The van der Waals surface area contributed by atoms with Gasteiger partial charge in [-0.1, -0.05) is 46.8 Å². The highest BCUT2D eigenvalue weighted by Crippen LogP contribution is 2.21. The summed E-state index contributed by atoms with van der Waals surface area (Å²) in [7, 11) is 0. The molecule has 0 heterocycles. The van der Waals surface area contributed by atoms with Gasteiger partial charge in [0.15, 0.2) is 0 Å². The maximum atomic E-state index is 11.1. The van der Waals surface area contributed by atoms with Gasteiger partial charge in [0.05, 0.1) is 0 Å². The summed E-state index contributed by atoms with van der Waals surface area (Å²) in [6.45, 7) is 10.6. The summed E-state index contributed by atoms with van der Waals surface area (Å²) >= 11 is 0. The monoisotopic (exact) mass is 251 g/mol. The van der Waals surface area contributed by atoms with Crippen LogP contribution in [0, 0.1) is 5.41 Å². The van der Waals surface area contributed by atoms with E-state index in [1.165, 1.54) is 5.56 Å². The second-order valence-electron chi connectivity index (χ2n) is 5.20. The maximum Gasteiger partial charge on any atom is 0.274 e. The molecule has 2 N–H and O–H groups in total. The van der Waals surface area contributed by atoms with Crippen LogP contribution < -0.4 is 5.48 Å². The summed E-state index contributed by atoms with van der Waals surface area (Å²) in [6, 6.07) is 7.31. The molecular weight excluding hydrogens is 226 g/mol. The van der Waals surface area contributed by atoms with Crippen LogP contribution in [0.3, 0.4) is 0 Å². The number of benzene rings is 1. The van der Waals surface area contributed by atoms with E-state index in [0.29, 0.717) is 11.0 Å². The third-order valence-corrected chi connectivity index (χ3v) is 2.48. The predicted octanol–water partition coefficient (Wildman–Crippen LogP) is 3.81. The summed E-state index contributed by atoms with van der Waals surface area (Å²) in [5, 5.41) is 8.47. The summed E-state index contributed by atoms with van der Waals surface area (Å²) in [6.07, 6.45) is 2.11. The van der Waals surface area contributed by atoms with Gasteiger partial charge in [-0.05, 0) is 36.0 Å². The van der Waals surface area contributed by atoms with Crippen LogP contribution in [-0.4, -0.2) is 11.1 Å². The van der Waals surface area contributed by atoms with Gasteiger partial charge in [0.25, 0.3) is 5.91 Å². The van der Waals surface area contributed by atoms with E-state index < -0.39 is 5.91 Å². The van der Waals surface area contributed by atoms with Crippen molar-refractivity contribution in [2.75, 3.05) is 0 Å². The predicted molar refractivity (Wildman–Crippen MR) is 74.8 cm³/mol. The average molecular weight is 251 g/mol. The smallest absolute Gasteiger partial charge is 0.274 e. The first-order valence-electron chi connectivity index (χ1n) is 6.46. The summed E-state index contributed by atoms with van der Waals surface area (Å²) in [5.41, 5.74) is 3.63. The molecule has 1 amide bonds. The van der Waals surface area contributed by atoms with Crippen LogP contribution in [0.2, 0.25) is 0 Å². The van der Waals surface area contributed by atoms with Crippen LogP contribution in [0.1, 0.15) is 57.0 Å².